The van der Waals surface area contributed by atoms with Crippen LogP contribution in [0.3, 0.4) is 0 Å². The molecular weight excluding hydrogens is 260 g/mol. The first kappa shape index (κ1) is 16.5. The maximum absolute atomic E-state index is 5.96. The van der Waals surface area contributed by atoms with Crippen molar-refractivity contribution in [3.8, 4) is 0 Å². The van der Waals surface area contributed by atoms with Crippen molar-refractivity contribution in [3.05, 3.63) is 35.9 Å². The Morgan fingerprint density at radius 1 is 1.11 bits per heavy atom. The van der Waals surface area contributed by atoms with Crippen molar-refractivity contribution in [1.29, 1.82) is 0 Å². The van der Waals surface area contributed by atoms with Gasteiger partial charge in [0.1, 0.15) is 6.79 Å². The average Bonchev–Trinajstić information content (AvgIpc) is 2.38. The molecule has 0 aromatic heterocycles. The summed E-state index contributed by atoms with van der Waals surface area (Å²) in [7, 11) is 0. The van der Waals surface area contributed by atoms with Crippen molar-refractivity contribution in [2.75, 3.05) is 13.4 Å². The maximum Gasteiger partial charge on any atom is 0.147 e. The van der Waals surface area contributed by atoms with Gasteiger partial charge in [0.2, 0.25) is 0 Å². The molecule has 0 heterocycles. The normalized spacial score (nSPS) is 14.3. The van der Waals surface area contributed by atoms with Crippen LogP contribution in [0, 0.1) is 5.92 Å². The SMILES string of the molecule is CC(Cl)CC(C)CCCOCOCc1ccccc1. The molecule has 0 saturated heterocycles. The lowest BCUT2D eigenvalue weighted by atomic mass is 10.0. The zero-order chi connectivity index (χ0) is 13.9. The minimum atomic E-state index is 0.269. The van der Waals surface area contributed by atoms with E-state index in [4.69, 9.17) is 21.1 Å². The smallest absolute Gasteiger partial charge is 0.147 e. The van der Waals surface area contributed by atoms with Crippen LogP contribution >= 0.6 is 11.6 Å². The summed E-state index contributed by atoms with van der Waals surface area (Å²) >= 11 is 5.96. The van der Waals surface area contributed by atoms with Crippen LogP contribution in [0.4, 0.5) is 0 Å². The lowest BCUT2D eigenvalue weighted by molar-refractivity contribution is -0.0628. The quantitative estimate of drug-likeness (QED) is 0.355. The van der Waals surface area contributed by atoms with Crippen molar-refractivity contribution in [2.45, 2.75) is 45.1 Å². The third-order valence-corrected chi connectivity index (χ3v) is 3.17. The van der Waals surface area contributed by atoms with E-state index in [-0.39, 0.29) is 5.38 Å². The number of rotatable bonds is 10. The van der Waals surface area contributed by atoms with E-state index in [1.165, 1.54) is 5.56 Å². The van der Waals surface area contributed by atoms with Crippen molar-refractivity contribution >= 4 is 11.6 Å². The minimum Gasteiger partial charge on any atom is -0.355 e. The largest absolute Gasteiger partial charge is 0.355 e. The molecule has 0 radical (unpaired) electrons. The van der Waals surface area contributed by atoms with Crippen LogP contribution in [0.5, 0.6) is 0 Å². The Labute approximate surface area is 122 Å². The number of ether oxygens (including phenoxy) is 2. The molecular formula is C16H25ClO2. The summed E-state index contributed by atoms with van der Waals surface area (Å²) in [4.78, 5) is 0. The van der Waals surface area contributed by atoms with Crippen LogP contribution in [0.25, 0.3) is 0 Å². The molecule has 1 aromatic carbocycles. The number of halogens is 1. The van der Waals surface area contributed by atoms with Gasteiger partial charge in [0.25, 0.3) is 0 Å². The van der Waals surface area contributed by atoms with E-state index in [9.17, 15) is 0 Å². The standard InChI is InChI=1S/C16H25ClO2/c1-14(11-15(2)17)7-6-10-18-13-19-12-16-8-4-3-5-9-16/h3-5,8-9,14-15H,6-7,10-13H2,1-2H3. The van der Waals surface area contributed by atoms with Crippen LogP contribution in [0.2, 0.25) is 0 Å². The predicted molar refractivity (Wildman–Crippen MR) is 80.4 cm³/mol. The molecule has 0 amide bonds. The Morgan fingerprint density at radius 2 is 1.84 bits per heavy atom. The molecule has 0 aliphatic carbocycles. The summed E-state index contributed by atoms with van der Waals surface area (Å²) in [5.41, 5.74) is 1.18. The molecule has 2 unspecified atom stereocenters. The second kappa shape index (κ2) is 10.2. The third kappa shape index (κ3) is 9.04. The van der Waals surface area contributed by atoms with Crippen LogP contribution in [-0.4, -0.2) is 18.8 Å². The fraction of sp³-hybridized carbons (Fsp3) is 0.625. The van der Waals surface area contributed by atoms with Crippen molar-refractivity contribution in [1.82, 2.24) is 0 Å². The third-order valence-electron chi connectivity index (χ3n) is 2.99. The molecule has 0 saturated carbocycles. The highest BCUT2D eigenvalue weighted by Crippen LogP contribution is 2.15. The fourth-order valence-electron chi connectivity index (χ4n) is 2.06. The van der Waals surface area contributed by atoms with Crippen LogP contribution < -0.4 is 0 Å². The monoisotopic (exact) mass is 284 g/mol. The van der Waals surface area contributed by atoms with Crippen molar-refractivity contribution in [3.63, 3.8) is 0 Å². The van der Waals surface area contributed by atoms with Crippen molar-refractivity contribution < 1.29 is 9.47 Å². The molecule has 0 aliphatic rings. The van der Waals surface area contributed by atoms with Gasteiger partial charge < -0.3 is 9.47 Å². The molecule has 2 atom stereocenters. The highest BCUT2D eigenvalue weighted by molar-refractivity contribution is 6.20. The van der Waals surface area contributed by atoms with Gasteiger partial charge in [0.15, 0.2) is 0 Å². The molecule has 0 fully saturated rings. The molecule has 1 rings (SSSR count). The summed E-state index contributed by atoms with van der Waals surface area (Å²) < 4.78 is 10.9. The number of hydrogen-bond acceptors (Lipinski definition) is 2. The lowest BCUT2D eigenvalue weighted by Crippen LogP contribution is -2.06. The maximum atomic E-state index is 5.96. The van der Waals surface area contributed by atoms with Crippen molar-refractivity contribution in [2.24, 2.45) is 5.92 Å². The Balaban J connectivity index is 1.91. The van der Waals surface area contributed by atoms with Crippen LogP contribution in [0.15, 0.2) is 30.3 Å². The first-order chi connectivity index (χ1) is 9.18. The number of alkyl halides is 1. The van der Waals surface area contributed by atoms with E-state index in [0.29, 0.717) is 19.3 Å². The van der Waals surface area contributed by atoms with E-state index in [1.807, 2.05) is 25.1 Å². The van der Waals surface area contributed by atoms with E-state index >= 15 is 0 Å². The van der Waals surface area contributed by atoms with E-state index in [2.05, 4.69) is 19.1 Å². The van der Waals surface area contributed by atoms with Gasteiger partial charge in [-0.05, 0) is 37.7 Å². The van der Waals surface area contributed by atoms with Gasteiger partial charge in [0.05, 0.1) is 6.61 Å². The van der Waals surface area contributed by atoms with E-state index in [1.54, 1.807) is 0 Å². The first-order valence-corrected chi connectivity index (χ1v) is 7.45. The molecule has 2 nitrogen and oxygen atoms in total. The summed E-state index contributed by atoms with van der Waals surface area (Å²) in [5, 5.41) is 0.269. The highest BCUT2D eigenvalue weighted by atomic mass is 35.5. The highest BCUT2D eigenvalue weighted by Gasteiger charge is 2.05. The Hall–Kier alpha value is -0.570. The Bertz CT molecular complexity index is 314. The lowest BCUT2D eigenvalue weighted by Gasteiger charge is -2.12. The number of benzene rings is 1. The van der Waals surface area contributed by atoms with Gasteiger partial charge in [-0.3, -0.25) is 0 Å². The zero-order valence-corrected chi connectivity index (χ0v) is 12.7. The van der Waals surface area contributed by atoms with Gasteiger partial charge in [-0.15, -0.1) is 11.6 Å². The molecule has 0 spiro atoms. The Morgan fingerprint density at radius 3 is 2.53 bits per heavy atom. The fourth-order valence-corrected chi connectivity index (χ4v) is 2.36. The van der Waals surface area contributed by atoms with Crippen LogP contribution in [-0.2, 0) is 16.1 Å². The summed E-state index contributed by atoms with van der Waals surface area (Å²) in [5.74, 6) is 0.668. The molecule has 0 N–H and O–H groups in total. The van der Waals surface area contributed by atoms with Gasteiger partial charge in [0, 0.05) is 12.0 Å². The zero-order valence-electron chi connectivity index (χ0n) is 12.0. The van der Waals surface area contributed by atoms with E-state index in [0.717, 1.165) is 25.9 Å². The summed E-state index contributed by atoms with van der Waals surface area (Å²) in [6.45, 7) is 6.03. The van der Waals surface area contributed by atoms with Gasteiger partial charge in [-0.2, -0.15) is 0 Å². The second-order valence-corrected chi connectivity index (χ2v) is 5.87. The molecule has 0 aliphatic heterocycles. The molecule has 0 bridgehead atoms. The number of hydrogen-bond donors (Lipinski definition) is 0. The molecule has 3 heteroatoms. The van der Waals surface area contributed by atoms with E-state index < -0.39 is 0 Å². The Kier molecular flexibility index (Phi) is 8.89. The minimum absolute atomic E-state index is 0.269. The predicted octanol–water partition coefficient (Wildman–Crippen LogP) is 4.61. The van der Waals surface area contributed by atoms with Gasteiger partial charge in [-0.25, -0.2) is 0 Å². The molecule has 1 aromatic rings. The summed E-state index contributed by atoms with van der Waals surface area (Å²) in [6, 6.07) is 10.1. The first-order valence-electron chi connectivity index (χ1n) is 7.02. The average molecular weight is 285 g/mol. The summed E-state index contributed by atoms with van der Waals surface area (Å²) in [6.07, 6.45) is 3.31. The second-order valence-electron chi connectivity index (χ2n) is 5.12. The van der Waals surface area contributed by atoms with Crippen LogP contribution in [0.1, 0.15) is 38.7 Å². The van der Waals surface area contributed by atoms with Gasteiger partial charge in [-0.1, -0.05) is 37.3 Å². The molecule has 108 valence electrons. The topological polar surface area (TPSA) is 18.5 Å². The molecule has 19 heavy (non-hydrogen) atoms. The van der Waals surface area contributed by atoms with Gasteiger partial charge >= 0.3 is 0 Å².